The van der Waals surface area contributed by atoms with E-state index in [1.54, 1.807) is 5.56 Å². The van der Waals surface area contributed by atoms with Crippen molar-refractivity contribution in [2.75, 3.05) is 0 Å². The van der Waals surface area contributed by atoms with Crippen molar-refractivity contribution < 1.29 is 0 Å². The van der Waals surface area contributed by atoms with Crippen molar-refractivity contribution in [1.82, 2.24) is 9.38 Å². The fraction of sp³-hybridized carbons (Fsp3) is 0.323. The summed E-state index contributed by atoms with van der Waals surface area (Å²) in [4.78, 5) is 5.53. The first-order chi connectivity index (χ1) is 16.3. The number of hydrogen-bond acceptors (Lipinski definition) is 1. The van der Waals surface area contributed by atoms with Crippen LogP contribution in [0.5, 0.6) is 0 Å². The quantitative estimate of drug-likeness (QED) is 0.248. The minimum Gasteiger partial charge on any atom is -0.295 e. The van der Waals surface area contributed by atoms with Gasteiger partial charge in [-0.05, 0) is 49.1 Å². The summed E-state index contributed by atoms with van der Waals surface area (Å²) in [5, 5.41) is 4.08. The SMILES string of the molecule is Cc1cccc2c3cccc4c3n3c(c(-c5ccccc5)nc3c12)C12CCCCC41CCC2. The molecule has 33 heavy (non-hydrogen) atoms. The molecule has 0 bridgehead atoms. The fourth-order valence-corrected chi connectivity index (χ4v) is 8.36. The first-order valence-electron chi connectivity index (χ1n) is 12.7. The Balaban J connectivity index is 1.70. The Labute approximate surface area is 194 Å². The van der Waals surface area contributed by atoms with Crippen LogP contribution < -0.4 is 0 Å². The second-order valence-electron chi connectivity index (χ2n) is 10.8. The van der Waals surface area contributed by atoms with Crippen LogP contribution in [0.2, 0.25) is 0 Å². The van der Waals surface area contributed by atoms with Gasteiger partial charge in [0.15, 0.2) is 0 Å². The maximum absolute atomic E-state index is 5.53. The van der Waals surface area contributed by atoms with Crippen molar-refractivity contribution in [3.63, 3.8) is 0 Å². The van der Waals surface area contributed by atoms with Crippen LogP contribution in [0.3, 0.4) is 0 Å². The number of benzene rings is 3. The van der Waals surface area contributed by atoms with Crippen molar-refractivity contribution in [3.8, 4) is 11.3 Å². The maximum Gasteiger partial charge on any atom is 0.146 e. The van der Waals surface area contributed by atoms with Crippen LogP contribution in [0.25, 0.3) is 38.6 Å². The van der Waals surface area contributed by atoms with E-state index < -0.39 is 0 Å². The molecule has 3 heterocycles. The Bertz CT molecular complexity index is 1610. The summed E-state index contributed by atoms with van der Waals surface area (Å²) in [7, 11) is 0. The Morgan fingerprint density at radius 1 is 0.727 bits per heavy atom. The monoisotopic (exact) mass is 428 g/mol. The zero-order valence-electron chi connectivity index (χ0n) is 19.2. The largest absolute Gasteiger partial charge is 0.295 e. The van der Waals surface area contributed by atoms with Crippen LogP contribution in [0.4, 0.5) is 0 Å². The first kappa shape index (κ1) is 18.3. The molecular formula is C31H28N2. The average molecular weight is 429 g/mol. The van der Waals surface area contributed by atoms with Gasteiger partial charge in [-0.2, -0.15) is 0 Å². The summed E-state index contributed by atoms with van der Waals surface area (Å²) in [6.45, 7) is 2.25. The second kappa shape index (κ2) is 6.05. The van der Waals surface area contributed by atoms with E-state index >= 15 is 0 Å². The third-order valence-electron chi connectivity index (χ3n) is 9.52. The molecule has 5 aromatic rings. The number of aromatic nitrogens is 2. The molecule has 0 N–H and O–H groups in total. The number of fused-ring (bicyclic) bond motifs is 3. The first-order valence-corrected chi connectivity index (χ1v) is 12.7. The van der Waals surface area contributed by atoms with Crippen molar-refractivity contribution in [2.45, 2.75) is 62.7 Å². The molecule has 1 aliphatic heterocycles. The molecule has 0 saturated heterocycles. The minimum atomic E-state index is 0.202. The number of nitrogens with zero attached hydrogens (tertiary/aromatic N) is 2. The molecule has 0 amide bonds. The normalized spacial score (nSPS) is 25.7. The van der Waals surface area contributed by atoms with E-state index in [0.29, 0.717) is 0 Å². The highest BCUT2D eigenvalue weighted by Crippen LogP contribution is 2.67. The predicted molar refractivity (Wildman–Crippen MR) is 136 cm³/mol. The van der Waals surface area contributed by atoms with Crippen LogP contribution >= 0.6 is 0 Å². The molecule has 2 aromatic heterocycles. The minimum absolute atomic E-state index is 0.202. The molecule has 2 aliphatic carbocycles. The highest BCUT2D eigenvalue weighted by molar-refractivity contribution is 6.14. The molecule has 3 aromatic carbocycles. The van der Waals surface area contributed by atoms with Gasteiger partial charge in [0.25, 0.3) is 0 Å². The van der Waals surface area contributed by atoms with Gasteiger partial charge in [0, 0.05) is 27.2 Å². The highest BCUT2D eigenvalue weighted by atomic mass is 15.1. The van der Waals surface area contributed by atoms with Gasteiger partial charge in [-0.25, -0.2) is 4.98 Å². The molecule has 0 spiro atoms. The van der Waals surface area contributed by atoms with E-state index in [-0.39, 0.29) is 10.8 Å². The summed E-state index contributed by atoms with van der Waals surface area (Å²) in [5.74, 6) is 0. The van der Waals surface area contributed by atoms with E-state index in [1.165, 1.54) is 89.1 Å². The third kappa shape index (κ3) is 1.97. The molecule has 2 heteroatoms. The van der Waals surface area contributed by atoms with Crippen LogP contribution in [-0.2, 0) is 10.8 Å². The van der Waals surface area contributed by atoms with Gasteiger partial charge in [0.1, 0.15) is 5.65 Å². The zero-order chi connectivity index (χ0) is 21.8. The van der Waals surface area contributed by atoms with E-state index in [2.05, 4.69) is 78.1 Å². The molecule has 8 rings (SSSR count). The van der Waals surface area contributed by atoms with Crippen molar-refractivity contribution >= 4 is 27.3 Å². The molecular weight excluding hydrogens is 400 g/mol. The molecule has 2 saturated carbocycles. The summed E-state index contributed by atoms with van der Waals surface area (Å²) in [5.41, 5.74) is 10.0. The molecule has 2 fully saturated rings. The van der Waals surface area contributed by atoms with E-state index in [1.807, 2.05) is 0 Å². The van der Waals surface area contributed by atoms with Crippen LogP contribution in [-0.4, -0.2) is 9.38 Å². The molecule has 2 unspecified atom stereocenters. The number of aryl methyl sites for hydroxylation is 1. The third-order valence-corrected chi connectivity index (χ3v) is 9.52. The van der Waals surface area contributed by atoms with Crippen LogP contribution in [0, 0.1) is 6.92 Å². The lowest BCUT2D eigenvalue weighted by atomic mass is 9.52. The zero-order valence-corrected chi connectivity index (χ0v) is 19.2. The van der Waals surface area contributed by atoms with E-state index in [0.717, 1.165) is 5.65 Å². The lowest BCUT2D eigenvalue weighted by Gasteiger charge is -2.53. The van der Waals surface area contributed by atoms with Crippen molar-refractivity contribution in [3.05, 3.63) is 83.6 Å². The molecule has 2 atom stereocenters. The van der Waals surface area contributed by atoms with Crippen LogP contribution in [0.1, 0.15) is 61.8 Å². The predicted octanol–water partition coefficient (Wildman–Crippen LogP) is 7.86. The van der Waals surface area contributed by atoms with Gasteiger partial charge in [-0.1, -0.05) is 86.0 Å². The number of imidazole rings is 1. The maximum atomic E-state index is 5.53. The Hall–Kier alpha value is -3.13. The van der Waals surface area contributed by atoms with Gasteiger partial charge >= 0.3 is 0 Å². The Morgan fingerprint density at radius 2 is 1.45 bits per heavy atom. The highest BCUT2D eigenvalue weighted by Gasteiger charge is 2.61. The summed E-state index contributed by atoms with van der Waals surface area (Å²) in [6, 6.07) is 24.9. The Morgan fingerprint density at radius 3 is 2.33 bits per heavy atom. The standard InChI is InChI=1S/C31H28N2/c1-20-10-7-13-22-23-14-8-15-24-27(23)33-28(31-17-6-5-16-30(24,31)18-9-19-31)26(32-29(33)25(20)22)21-11-3-2-4-12-21/h2-4,7-8,10-15H,5-6,9,16-19H2,1H3. The molecule has 2 nitrogen and oxygen atoms in total. The lowest BCUT2D eigenvalue weighted by molar-refractivity contribution is 0.163. The summed E-state index contributed by atoms with van der Waals surface area (Å²) < 4.78 is 2.64. The van der Waals surface area contributed by atoms with Crippen molar-refractivity contribution in [2.24, 2.45) is 0 Å². The van der Waals surface area contributed by atoms with E-state index in [9.17, 15) is 0 Å². The van der Waals surface area contributed by atoms with Crippen LogP contribution in [0.15, 0.2) is 66.7 Å². The number of para-hydroxylation sites is 1. The van der Waals surface area contributed by atoms with Crippen molar-refractivity contribution in [1.29, 1.82) is 0 Å². The van der Waals surface area contributed by atoms with Gasteiger partial charge in [-0.15, -0.1) is 0 Å². The summed E-state index contributed by atoms with van der Waals surface area (Å²) >= 11 is 0. The second-order valence-corrected chi connectivity index (χ2v) is 10.8. The fourth-order valence-electron chi connectivity index (χ4n) is 8.36. The van der Waals surface area contributed by atoms with E-state index in [4.69, 9.17) is 4.98 Å². The van der Waals surface area contributed by atoms with Gasteiger partial charge in [-0.3, -0.25) is 4.40 Å². The van der Waals surface area contributed by atoms with Gasteiger partial charge < -0.3 is 0 Å². The number of pyridine rings is 1. The molecule has 0 radical (unpaired) electrons. The molecule has 3 aliphatic rings. The number of rotatable bonds is 1. The Kier molecular flexibility index (Phi) is 3.36. The van der Waals surface area contributed by atoms with Gasteiger partial charge in [0.05, 0.1) is 16.9 Å². The number of hydrogen-bond donors (Lipinski definition) is 0. The summed E-state index contributed by atoms with van der Waals surface area (Å²) in [6.07, 6.45) is 9.23. The topological polar surface area (TPSA) is 17.3 Å². The average Bonchev–Trinajstić information content (AvgIpc) is 3.45. The lowest BCUT2D eigenvalue weighted by Crippen LogP contribution is -2.50. The smallest absolute Gasteiger partial charge is 0.146 e. The van der Waals surface area contributed by atoms with Gasteiger partial charge in [0.2, 0.25) is 0 Å². The molecule has 162 valence electrons.